The quantitative estimate of drug-likeness (QED) is 0.396. The summed E-state index contributed by atoms with van der Waals surface area (Å²) in [5.74, 6) is -0.421. The molecule has 3 aromatic carbocycles. The first-order valence-corrected chi connectivity index (χ1v) is 9.63. The van der Waals surface area contributed by atoms with Gasteiger partial charge in [0, 0.05) is 27.6 Å². The number of nitro benzene ring substituents is 1. The number of rotatable bonds is 5. The lowest BCUT2D eigenvalue weighted by molar-refractivity contribution is -0.384. The van der Waals surface area contributed by atoms with Gasteiger partial charge in [0.2, 0.25) is 0 Å². The number of aryl methyl sites for hydroxylation is 2. The molecule has 142 valence electrons. The van der Waals surface area contributed by atoms with Gasteiger partial charge < -0.3 is 5.32 Å². The Bertz CT molecular complexity index is 1050. The van der Waals surface area contributed by atoms with E-state index in [0.717, 1.165) is 4.90 Å². The van der Waals surface area contributed by atoms with Gasteiger partial charge in [-0.2, -0.15) is 0 Å². The van der Waals surface area contributed by atoms with Gasteiger partial charge >= 0.3 is 0 Å². The molecule has 0 atom stereocenters. The zero-order valence-electron chi connectivity index (χ0n) is 15.2. The average molecular weight is 413 g/mol. The van der Waals surface area contributed by atoms with Crippen molar-refractivity contribution in [3.8, 4) is 0 Å². The van der Waals surface area contributed by atoms with E-state index in [4.69, 9.17) is 11.6 Å². The van der Waals surface area contributed by atoms with Crippen molar-refractivity contribution in [3.05, 3.63) is 92.5 Å². The summed E-state index contributed by atoms with van der Waals surface area (Å²) in [6.45, 7) is 4.13. The third-order valence-electron chi connectivity index (χ3n) is 4.09. The van der Waals surface area contributed by atoms with Crippen LogP contribution in [-0.2, 0) is 0 Å². The van der Waals surface area contributed by atoms with E-state index in [1.807, 2.05) is 24.3 Å². The van der Waals surface area contributed by atoms with E-state index in [-0.39, 0.29) is 16.3 Å². The summed E-state index contributed by atoms with van der Waals surface area (Å²) in [6, 6.07) is 17.6. The van der Waals surface area contributed by atoms with E-state index >= 15 is 0 Å². The maximum absolute atomic E-state index is 12.4. The summed E-state index contributed by atoms with van der Waals surface area (Å²) in [5, 5.41) is 13.6. The van der Waals surface area contributed by atoms with Gasteiger partial charge in [0.05, 0.1) is 15.5 Å². The van der Waals surface area contributed by atoms with Crippen molar-refractivity contribution in [1.82, 2.24) is 0 Å². The number of non-ortho nitro benzene ring substituents is 1. The second-order valence-electron chi connectivity index (χ2n) is 6.27. The number of amides is 1. The summed E-state index contributed by atoms with van der Waals surface area (Å²) in [6.07, 6.45) is 0. The van der Waals surface area contributed by atoms with Gasteiger partial charge in [-0.1, -0.05) is 35.5 Å². The highest BCUT2D eigenvalue weighted by Gasteiger charge is 2.15. The van der Waals surface area contributed by atoms with Crippen molar-refractivity contribution >= 4 is 40.6 Å². The van der Waals surface area contributed by atoms with Crippen LogP contribution in [0, 0.1) is 24.0 Å². The van der Waals surface area contributed by atoms with Gasteiger partial charge in [-0.05, 0) is 61.4 Å². The molecular formula is C21H17ClN2O3S. The Kier molecular flexibility index (Phi) is 6.02. The fraction of sp³-hybridized carbons (Fsp3) is 0.0952. The lowest BCUT2D eigenvalue weighted by Crippen LogP contribution is -2.12. The van der Waals surface area contributed by atoms with Gasteiger partial charge in [-0.25, -0.2) is 0 Å². The first-order valence-electron chi connectivity index (χ1n) is 8.44. The smallest absolute Gasteiger partial charge is 0.270 e. The van der Waals surface area contributed by atoms with Crippen LogP contribution in [0.3, 0.4) is 0 Å². The highest BCUT2D eigenvalue weighted by atomic mass is 35.5. The molecule has 0 aliphatic rings. The lowest BCUT2D eigenvalue weighted by Gasteiger charge is -2.09. The highest BCUT2D eigenvalue weighted by Crippen LogP contribution is 2.32. The Balaban J connectivity index is 1.71. The molecule has 28 heavy (non-hydrogen) atoms. The molecular weight excluding hydrogens is 396 g/mol. The van der Waals surface area contributed by atoms with E-state index < -0.39 is 10.8 Å². The standard InChI is InChI=1S/C21H17ClN2O3S/c1-13-3-4-14(2)20(11-13)28-17-8-5-15(6-9-17)23-21(25)18-10-7-16(24(26)27)12-19(18)22/h3-12H,1-2H3,(H,23,25). The van der Waals surface area contributed by atoms with Crippen molar-refractivity contribution in [2.75, 3.05) is 5.32 Å². The van der Waals surface area contributed by atoms with Crippen LogP contribution < -0.4 is 5.32 Å². The largest absolute Gasteiger partial charge is 0.322 e. The molecule has 1 amide bonds. The van der Waals surface area contributed by atoms with Crippen LogP contribution in [0.1, 0.15) is 21.5 Å². The summed E-state index contributed by atoms with van der Waals surface area (Å²) < 4.78 is 0. The van der Waals surface area contributed by atoms with Crippen LogP contribution >= 0.6 is 23.4 Å². The second kappa shape index (κ2) is 8.46. The molecule has 0 bridgehead atoms. The average Bonchev–Trinajstić information content (AvgIpc) is 2.66. The molecule has 5 nitrogen and oxygen atoms in total. The third-order valence-corrected chi connectivity index (χ3v) is 5.57. The van der Waals surface area contributed by atoms with Gasteiger partial charge in [-0.3, -0.25) is 14.9 Å². The molecule has 3 rings (SSSR count). The van der Waals surface area contributed by atoms with E-state index in [2.05, 4.69) is 37.4 Å². The molecule has 0 fully saturated rings. The maximum atomic E-state index is 12.4. The first kappa shape index (κ1) is 19.9. The van der Waals surface area contributed by atoms with Crippen molar-refractivity contribution in [3.63, 3.8) is 0 Å². The highest BCUT2D eigenvalue weighted by molar-refractivity contribution is 7.99. The molecule has 0 aliphatic carbocycles. The zero-order valence-corrected chi connectivity index (χ0v) is 16.8. The summed E-state index contributed by atoms with van der Waals surface area (Å²) >= 11 is 7.67. The Labute approximate surface area is 171 Å². The Morgan fingerprint density at radius 3 is 2.39 bits per heavy atom. The maximum Gasteiger partial charge on any atom is 0.270 e. The predicted molar refractivity (Wildman–Crippen MR) is 113 cm³/mol. The number of nitrogens with one attached hydrogen (secondary N) is 1. The number of anilines is 1. The topological polar surface area (TPSA) is 72.2 Å². The third kappa shape index (κ3) is 4.71. The van der Waals surface area contributed by atoms with Crippen molar-refractivity contribution in [2.24, 2.45) is 0 Å². The molecule has 0 heterocycles. The monoisotopic (exact) mass is 412 g/mol. The SMILES string of the molecule is Cc1ccc(C)c(Sc2ccc(NC(=O)c3ccc([N+](=O)[O-])cc3Cl)cc2)c1. The summed E-state index contributed by atoms with van der Waals surface area (Å²) in [7, 11) is 0. The minimum absolute atomic E-state index is 0.0359. The number of nitrogens with zero attached hydrogens (tertiary/aromatic N) is 1. The van der Waals surface area contributed by atoms with E-state index in [1.54, 1.807) is 11.8 Å². The number of hydrogen-bond donors (Lipinski definition) is 1. The van der Waals surface area contributed by atoms with Gasteiger partial charge in [0.15, 0.2) is 0 Å². The molecule has 1 N–H and O–H groups in total. The van der Waals surface area contributed by atoms with Crippen LogP contribution in [0.25, 0.3) is 0 Å². The number of hydrogen-bond acceptors (Lipinski definition) is 4. The van der Waals surface area contributed by atoms with Crippen molar-refractivity contribution in [1.29, 1.82) is 0 Å². The molecule has 0 radical (unpaired) electrons. The van der Waals surface area contributed by atoms with Gasteiger partial charge in [-0.15, -0.1) is 0 Å². The van der Waals surface area contributed by atoms with Crippen LogP contribution in [0.15, 0.2) is 70.5 Å². The van der Waals surface area contributed by atoms with Gasteiger partial charge in [0.25, 0.3) is 11.6 Å². The van der Waals surface area contributed by atoms with Crippen molar-refractivity contribution < 1.29 is 9.72 Å². The zero-order chi connectivity index (χ0) is 20.3. The number of benzene rings is 3. The number of carbonyl (C=O) groups excluding carboxylic acids is 1. The van der Waals surface area contributed by atoms with Crippen LogP contribution in [0.4, 0.5) is 11.4 Å². The van der Waals surface area contributed by atoms with E-state index in [0.29, 0.717) is 5.69 Å². The fourth-order valence-corrected chi connectivity index (χ4v) is 3.81. The van der Waals surface area contributed by atoms with Crippen LogP contribution in [0.5, 0.6) is 0 Å². The molecule has 7 heteroatoms. The number of carbonyl (C=O) groups is 1. The van der Waals surface area contributed by atoms with Crippen molar-refractivity contribution in [2.45, 2.75) is 23.6 Å². The fourth-order valence-electron chi connectivity index (χ4n) is 2.55. The normalized spacial score (nSPS) is 10.5. The summed E-state index contributed by atoms with van der Waals surface area (Å²) in [4.78, 5) is 24.9. The molecule has 3 aromatic rings. The molecule has 0 aliphatic heterocycles. The molecule has 0 saturated carbocycles. The first-order chi connectivity index (χ1) is 13.3. The van der Waals surface area contributed by atoms with Gasteiger partial charge in [0.1, 0.15) is 0 Å². The van der Waals surface area contributed by atoms with Crippen LogP contribution in [0.2, 0.25) is 5.02 Å². The molecule has 0 spiro atoms. The second-order valence-corrected chi connectivity index (χ2v) is 7.79. The van der Waals surface area contributed by atoms with E-state index in [1.165, 1.54) is 34.2 Å². The lowest BCUT2D eigenvalue weighted by atomic mass is 10.2. The minimum atomic E-state index is -0.556. The molecule has 0 unspecified atom stereocenters. The Hall–Kier alpha value is -2.83. The van der Waals surface area contributed by atoms with Crippen LogP contribution in [-0.4, -0.2) is 10.8 Å². The molecule has 0 saturated heterocycles. The summed E-state index contributed by atoms with van der Waals surface area (Å²) in [5.41, 5.74) is 3.05. The minimum Gasteiger partial charge on any atom is -0.322 e. The Morgan fingerprint density at radius 1 is 1.04 bits per heavy atom. The Morgan fingerprint density at radius 2 is 1.75 bits per heavy atom. The number of halogens is 1. The number of nitro groups is 1. The van der Waals surface area contributed by atoms with E-state index in [9.17, 15) is 14.9 Å². The molecule has 0 aromatic heterocycles. The predicted octanol–water partition coefficient (Wildman–Crippen LogP) is 6.27.